The van der Waals surface area contributed by atoms with E-state index in [1.54, 1.807) is 0 Å². The lowest BCUT2D eigenvalue weighted by Gasteiger charge is -2.13. The number of ether oxygens (including phenoxy) is 1. The number of aryl methyl sites for hydroxylation is 2. The molecule has 0 fully saturated rings. The van der Waals surface area contributed by atoms with Gasteiger partial charge >= 0.3 is 0 Å². The lowest BCUT2D eigenvalue weighted by atomic mass is 10.0. The minimum absolute atomic E-state index is 0.391. The molecule has 1 N–H and O–H groups in total. The fraction of sp³-hybridized carbons (Fsp3) is 0.571. The van der Waals surface area contributed by atoms with Gasteiger partial charge in [0, 0.05) is 6.61 Å². The van der Waals surface area contributed by atoms with E-state index < -0.39 is 6.10 Å². The Morgan fingerprint density at radius 3 is 2.62 bits per heavy atom. The Morgan fingerprint density at radius 1 is 1.25 bits per heavy atom. The monoisotopic (exact) mass is 222 g/mol. The van der Waals surface area contributed by atoms with Crippen molar-refractivity contribution in [2.24, 2.45) is 0 Å². The average molecular weight is 222 g/mol. The van der Waals surface area contributed by atoms with Crippen LogP contribution in [0.25, 0.3) is 0 Å². The minimum Gasteiger partial charge on any atom is -0.386 e. The maximum Gasteiger partial charge on any atom is 0.102 e. The summed E-state index contributed by atoms with van der Waals surface area (Å²) in [4.78, 5) is 0. The van der Waals surface area contributed by atoms with Crippen LogP contribution in [0.5, 0.6) is 0 Å². The number of aliphatic hydroxyl groups is 1. The summed E-state index contributed by atoms with van der Waals surface area (Å²) < 4.78 is 5.41. The van der Waals surface area contributed by atoms with Gasteiger partial charge in [0.15, 0.2) is 0 Å². The largest absolute Gasteiger partial charge is 0.386 e. The van der Waals surface area contributed by atoms with Crippen LogP contribution >= 0.6 is 0 Å². The van der Waals surface area contributed by atoms with Crippen molar-refractivity contribution in [1.82, 2.24) is 0 Å². The summed E-state index contributed by atoms with van der Waals surface area (Å²) >= 11 is 0. The molecule has 0 heterocycles. The molecule has 0 aliphatic heterocycles. The average Bonchev–Trinajstić information content (AvgIpc) is 2.28. The van der Waals surface area contributed by atoms with Crippen LogP contribution in [-0.4, -0.2) is 18.3 Å². The molecule has 0 aliphatic carbocycles. The van der Waals surface area contributed by atoms with Crippen LogP contribution in [-0.2, 0) is 4.74 Å². The van der Waals surface area contributed by atoms with Gasteiger partial charge in [-0.25, -0.2) is 0 Å². The molecule has 16 heavy (non-hydrogen) atoms. The third kappa shape index (κ3) is 3.95. The quantitative estimate of drug-likeness (QED) is 0.749. The van der Waals surface area contributed by atoms with E-state index in [1.807, 2.05) is 18.2 Å². The van der Waals surface area contributed by atoms with E-state index in [9.17, 15) is 5.11 Å². The van der Waals surface area contributed by atoms with Crippen molar-refractivity contribution in [3.63, 3.8) is 0 Å². The molecule has 0 amide bonds. The summed E-state index contributed by atoms with van der Waals surface area (Å²) in [5.41, 5.74) is 3.41. The van der Waals surface area contributed by atoms with E-state index in [1.165, 1.54) is 11.1 Å². The van der Waals surface area contributed by atoms with Gasteiger partial charge in [-0.2, -0.15) is 0 Å². The smallest absolute Gasteiger partial charge is 0.102 e. The first-order valence-electron chi connectivity index (χ1n) is 5.98. The van der Waals surface area contributed by atoms with Crippen LogP contribution in [0.2, 0.25) is 0 Å². The lowest BCUT2D eigenvalue weighted by Crippen LogP contribution is -2.08. The van der Waals surface area contributed by atoms with Crippen molar-refractivity contribution < 1.29 is 9.84 Å². The fourth-order valence-electron chi connectivity index (χ4n) is 1.51. The number of benzene rings is 1. The number of hydrogen-bond donors (Lipinski definition) is 1. The summed E-state index contributed by atoms with van der Waals surface area (Å²) in [7, 11) is 0. The summed E-state index contributed by atoms with van der Waals surface area (Å²) in [6.45, 7) is 7.39. The van der Waals surface area contributed by atoms with Gasteiger partial charge in [-0.1, -0.05) is 31.5 Å². The van der Waals surface area contributed by atoms with Gasteiger partial charge < -0.3 is 9.84 Å². The first-order valence-corrected chi connectivity index (χ1v) is 5.98. The van der Waals surface area contributed by atoms with Gasteiger partial charge in [-0.3, -0.25) is 0 Å². The molecule has 90 valence electrons. The second-order valence-electron chi connectivity index (χ2n) is 4.29. The lowest BCUT2D eigenvalue weighted by molar-refractivity contribution is 0.0349. The van der Waals surface area contributed by atoms with E-state index in [-0.39, 0.29) is 0 Å². The highest BCUT2D eigenvalue weighted by molar-refractivity contribution is 5.31. The Bertz CT molecular complexity index is 321. The predicted octanol–water partition coefficient (Wildman–Crippen LogP) is 3.15. The van der Waals surface area contributed by atoms with Crippen LogP contribution in [0.3, 0.4) is 0 Å². The molecule has 1 rings (SSSR count). The topological polar surface area (TPSA) is 29.5 Å². The van der Waals surface area contributed by atoms with Crippen LogP contribution in [0.4, 0.5) is 0 Å². The Balaban J connectivity index is 2.46. The molecule has 1 aromatic rings. The van der Waals surface area contributed by atoms with Gasteiger partial charge in [0.05, 0.1) is 6.61 Å². The highest BCUT2D eigenvalue weighted by atomic mass is 16.5. The normalized spacial score (nSPS) is 12.8. The molecule has 0 aliphatic rings. The zero-order chi connectivity index (χ0) is 12.0. The maximum absolute atomic E-state index is 9.91. The van der Waals surface area contributed by atoms with E-state index in [0.29, 0.717) is 6.61 Å². The van der Waals surface area contributed by atoms with Gasteiger partial charge in [0.1, 0.15) is 6.10 Å². The molecule has 0 spiro atoms. The molecular weight excluding hydrogens is 200 g/mol. The first kappa shape index (κ1) is 13.2. The van der Waals surface area contributed by atoms with Gasteiger partial charge in [-0.05, 0) is 37.0 Å². The molecule has 2 nitrogen and oxygen atoms in total. The summed E-state index contributed by atoms with van der Waals surface area (Å²) in [5.74, 6) is 0. The SMILES string of the molecule is CCCCOCC(O)c1ccc(C)c(C)c1. The van der Waals surface area contributed by atoms with Crippen LogP contribution in [0.15, 0.2) is 18.2 Å². The summed E-state index contributed by atoms with van der Waals surface area (Å²) in [5, 5.41) is 9.91. The summed E-state index contributed by atoms with van der Waals surface area (Å²) in [6, 6.07) is 6.04. The van der Waals surface area contributed by atoms with Crippen molar-refractivity contribution in [3.8, 4) is 0 Å². The van der Waals surface area contributed by atoms with Gasteiger partial charge in [-0.15, -0.1) is 0 Å². The fourth-order valence-corrected chi connectivity index (χ4v) is 1.51. The van der Waals surface area contributed by atoms with E-state index >= 15 is 0 Å². The van der Waals surface area contributed by atoms with Crippen molar-refractivity contribution in [1.29, 1.82) is 0 Å². The molecule has 0 bridgehead atoms. The molecule has 0 saturated heterocycles. The van der Waals surface area contributed by atoms with Crippen molar-refractivity contribution in [2.45, 2.75) is 39.7 Å². The molecule has 1 aromatic carbocycles. The third-order valence-electron chi connectivity index (χ3n) is 2.83. The van der Waals surface area contributed by atoms with Crippen LogP contribution < -0.4 is 0 Å². The minimum atomic E-state index is -0.504. The first-order chi connectivity index (χ1) is 7.65. The zero-order valence-electron chi connectivity index (χ0n) is 10.5. The predicted molar refractivity (Wildman–Crippen MR) is 66.6 cm³/mol. The number of unbranched alkanes of at least 4 members (excludes halogenated alkanes) is 1. The second-order valence-corrected chi connectivity index (χ2v) is 4.29. The second kappa shape index (κ2) is 6.66. The molecular formula is C14H22O2. The molecule has 0 radical (unpaired) electrons. The Kier molecular flexibility index (Phi) is 5.50. The molecule has 1 unspecified atom stereocenters. The van der Waals surface area contributed by atoms with E-state index in [4.69, 9.17) is 4.74 Å². The van der Waals surface area contributed by atoms with Crippen LogP contribution in [0.1, 0.15) is 42.6 Å². The van der Waals surface area contributed by atoms with Crippen LogP contribution in [0, 0.1) is 13.8 Å². The summed E-state index contributed by atoms with van der Waals surface area (Å²) in [6.07, 6.45) is 1.68. The standard InChI is InChI=1S/C14H22O2/c1-4-5-8-16-10-14(15)13-7-6-11(2)12(3)9-13/h6-7,9,14-15H,4-5,8,10H2,1-3H3. The Hall–Kier alpha value is -0.860. The Morgan fingerprint density at radius 2 is 2.00 bits per heavy atom. The maximum atomic E-state index is 9.91. The van der Waals surface area contributed by atoms with E-state index in [2.05, 4.69) is 20.8 Å². The van der Waals surface area contributed by atoms with Crippen molar-refractivity contribution in [3.05, 3.63) is 34.9 Å². The third-order valence-corrected chi connectivity index (χ3v) is 2.83. The van der Waals surface area contributed by atoms with E-state index in [0.717, 1.165) is 25.0 Å². The highest BCUT2D eigenvalue weighted by Gasteiger charge is 2.08. The molecule has 0 saturated carbocycles. The molecule has 1 atom stereocenters. The zero-order valence-corrected chi connectivity index (χ0v) is 10.5. The van der Waals surface area contributed by atoms with Crippen molar-refractivity contribution in [2.75, 3.05) is 13.2 Å². The molecule has 2 heteroatoms. The number of hydrogen-bond acceptors (Lipinski definition) is 2. The van der Waals surface area contributed by atoms with Crippen molar-refractivity contribution >= 4 is 0 Å². The van der Waals surface area contributed by atoms with Gasteiger partial charge in [0.2, 0.25) is 0 Å². The number of rotatable bonds is 6. The Labute approximate surface area is 98.3 Å². The molecule has 0 aromatic heterocycles. The highest BCUT2D eigenvalue weighted by Crippen LogP contribution is 2.17. The number of aliphatic hydroxyl groups excluding tert-OH is 1. The van der Waals surface area contributed by atoms with Gasteiger partial charge in [0.25, 0.3) is 0 Å².